The Labute approximate surface area is 70.6 Å². The van der Waals surface area contributed by atoms with Gasteiger partial charge in [0.25, 0.3) is 0 Å². The summed E-state index contributed by atoms with van der Waals surface area (Å²) >= 11 is 5.75. The van der Waals surface area contributed by atoms with Crippen LogP contribution in [0.5, 0.6) is 0 Å². The first-order valence-corrected chi connectivity index (χ1v) is 3.85. The third-order valence-electron chi connectivity index (χ3n) is 1.34. The Morgan fingerprint density at radius 1 is 1.82 bits per heavy atom. The second kappa shape index (κ2) is 3.24. The van der Waals surface area contributed by atoms with Gasteiger partial charge in [0.05, 0.1) is 23.4 Å². The molecule has 1 aromatic heterocycles. The fourth-order valence-corrected chi connectivity index (χ4v) is 1.01. The lowest BCUT2D eigenvalue weighted by Crippen LogP contribution is -2.11. The molecule has 0 aliphatic carbocycles. The summed E-state index contributed by atoms with van der Waals surface area (Å²) in [5.74, 6) is 0. The maximum atomic E-state index is 9.00. The van der Waals surface area contributed by atoms with Gasteiger partial charge in [0, 0.05) is 6.20 Å². The molecule has 0 bridgehead atoms. The minimum Gasteiger partial charge on any atom is -0.391 e. The summed E-state index contributed by atoms with van der Waals surface area (Å²) < 4.78 is 1.64. The molecule has 0 aliphatic rings. The van der Waals surface area contributed by atoms with Gasteiger partial charge in [-0.1, -0.05) is 11.6 Å². The van der Waals surface area contributed by atoms with Crippen molar-refractivity contribution in [3.63, 3.8) is 0 Å². The summed E-state index contributed by atoms with van der Waals surface area (Å²) in [4.78, 5) is 0. The summed E-state index contributed by atoms with van der Waals surface area (Å²) in [5.41, 5.74) is 0.798. The molecule has 1 aromatic rings. The molecule has 1 atom stereocenters. The maximum absolute atomic E-state index is 9.00. The Kier molecular flexibility index (Phi) is 2.52. The molecule has 0 radical (unpaired) electrons. The van der Waals surface area contributed by atoms with E-state index in [1.807, 2.05) is 6.92 Å². The van der Waals surface area contributed by atoms with Gasteiger partial charge in [-0.25, -0.2) is 0 Å². The zero-order valence-electron chi connectivity index (χ0n) is 6.58. The van der Waals surface area contributed by atoms with Gasteiger partial charge in [0.15, 0.2) is 0 Å². The van der Waals surface area contributed by atoms with Gasteiger partial charge in [-0.2, -0.15) is 5.10 Å². The summed E-state index contributed by atoms with van der Waals surface area (Å²) in [7, 11) is 0. The van der Waals surface area contributed by atoms with Crippen LogP contribution >= 0.6 is 11.6 Å². The highest BCUT2D eigenvalue weighted by Gasteiger charge is 2.03. The number of rotatable bonds is 2. The lowest BCUT2D eigenvalue weighted by Gasteiger charge is -2.02. The minimum atomic E-state index is -0.384. The van der Waals surface area contributed by atoms with Crippen molar-refractivity contribution >= 4 is 11.6 Å². The smallest absolute Gasteiger partial charge is 0.0814 e. The van der Waals surface area contributed by atoms with E-state index in [0.717, 1.165) is 5.69 Å². The van der Waals surface area contributed by atoms with Crippen molar-refractivity contribution in [3.05, 3.63) is 16.9 Å². The highest BCUT2D eigenvalue weighted by atomic mass is 35.5. The van der Waals surface area contributed by atoms with Gasteiger partial charge in [0.1, 0.15) is 0 Å². The standard InChI is InChI=1S/C7H11ClN2O/c1-5(11)3-10-4-7(8)6(2)9-10/h4-5,11H,3H2,1-2H3/t5-/m1/s1. The second-order valence-electron chi connectivity index (χ2n) is 2.63. The predicted molar refractivity (Wildman–Crippen MR) is 43.7 cm³/mol. The van der Waals surface area contributed by atoms with Crippen molar-refractivity contribution in [1.82, 2.24) is 9.78 Å². The van der Waals surface area contributed by atoms with Gasteiger partial charge in [-0.3, -0.25) is 4.68 Å². The molecule has 0 spiro atoms. The fraction of sp³-hybridized carbons (Fsp3) is 0.571. The molecular formula is C7H11ClN2O. The molecule has 0 aromatic carbocycles. The molecule has 0 saturated carbocycles. The Morgan fingerprint density at radius 2 is 2.45 bits per heavy atom. The van der Waals surface area contributed by atoms with Gasteiger partial charge in [-0.15, -0.1) is 0 Å². The molecule has 1 heterocycles. The van der Waals surface area contributed by atoms with E-state index < -0.39 is 0 Å². The molecule has 0 aliphatic heterocycles. The summed E-state index contributed by atoms with van der Waals surface area (Å²) in [6.45, 7) is 4.04. The molecule has 0 saturated heterocycles. The number of aromatic nitrogens is 2. The molecule has 11 heavy (non-hydrogen) atoms. The topological polar surface area (TPSA) is 38.0 Å². The monoisotopic (exact) mass is 174 g/mol. The largest absolute Gasteiger partial charge is 0.391 e. The molecule has 1 N–H and O–H groups in total. The van der Waals surface area contributed by atoms with Gasteiger partial charge >= 0.3 is 0 Å². The van der Waals surface area contributed by atoms with E-state index in [4.69, 9.17) is 16.7 Å². The van der Waals surface area contributed by atoms with Crippen molar-refractivity contribution in [1.29, 1.82) is 0 Å². The Balaban J connectivity index is 2.73. The van der Waals surface area contributed by atoms with Crippen molar-refractivity contribution in [2.75, 3.05) is 0 Å². The normalized spacial score (nSPS) is 13.5. The van der Waals surface area contributed by atoms with E-state index in [0.29, 0.717) is 11.6 Å². The van der Waals surface area contributed by atoms with Crippen LogP contribution in [0.2, 0.25) is 5.02 Å². The SMILES string of the molecule is Cc1nn(C[C@@H](C)O)cc1Cl. The number of nitrogens with zero attached hydrogens (tertiary/aromatic N) is 2. The average Bonchev–Trinajstić information content (AvgIpc) is 2.10. The lowest BCUT2D eigenvalue weighted by atomic mass is 10.4. The third kappa shape index (κ3) is 2.20. The van der Waals surface area contributed by atoms with Crippen LogP contribution in [0.25, 0.3) is 0 Å². The molecule has 0 fully saturated rings. The molecule has 0 unspecified atom stereocenters. The Hall–Kier alpha value is -0.540. The first-order chi connectivity index (χ1) is 5.09. The quantitative estimate of drug-likeness (QED) is 0.733. The van der Waals surface area contributed by atoms with Crippen LogP contribution in [0.1, 0.15) is 12.6 Å². The van der Waals surface area contributed by atoms with Gasteiger partial charge in [-0.05, 0) is 13.8 Å². The van der Waals surface area contributed by atoms with Crippen molar-refractivity contribution < 1.29 is 5.11 Å². The van der Waals surface area contributed by atoms with Crippen LogP contribution in [-0.2, 0) is 6.54 Å². The third-order valence-corrected chi connectivity index (χ3v) is 1.71. The van der Waals surface area contributed by atoms with Gasteiger partial charge in [0.2, 0.25) is 0 Å². The average molecular weight is 175 g/mol. The molecule has 62 valence electrons. The van der Waals surface area contributed by atoms with E-state index in [9.17, 15) is 0 Å². The zero-order valence-corrected chi connectivity index (χ0v) is 7.34. The van der Waals surface area contributed by atoms with Crippen LogP contribution in [-0.4, -0.2) is 21.0 Å². The predicted octanol–water partition coefficient (Wildman–Crippen LogP) is 1.23. The van der Waals surface area contributed by atoms with Crippen LogP contribution in [0, 0.1) is 6.92 Å². The van der Waals surface area contributed by atoms with E-state index in [1.54, 1.807) is 17.8 Å². The first-order valence-electron chi connectivity index (χ1n) is 3.47. The first kappa shape index (κ1) is 8.56. The van der Waals surface area contributed by atoms with Crippen molar-refractivity contribution in [2.24, 2.45) is 0 Å². The second-order valence-corrected chi connectivity index (χ2v) is 3.04. The van der Waals surface area contributed by atoms with E-state index in [1.165, 1.54) is 0 Å². The van der Waals surface area contributed by atoms with E-state index in [-0.39, 0.29) is 6.10 Å². The van der Waals surface area contributed by atoms with E-state index in [2.05, 4.69) is 5.10 Å². The van der Waals surface area contributed by atoms with Crippen LogP contribution < -0.4 is 0 Å². The minimum absolute atomic E-state index is 0.384. The number of halogens is 1. The number of aryl methyl sites for hydroxylation is 1. The maximum Gasteiger partial charge on any atom is 0.0814 e. The van der Waals surface area contributed by atoms with E-state index >= 15 is 0 Å². The summed E-state index contributed by atoms with van der Waals surface area (Å²) in [5, 5.41) is 13.7. The number of aliphatic hydroxyl groups is 1. The van der Waals surface area contributed by atoms with Crippen molar-refractivity contribution in [3.8, 4) is 0 Å². The molecule has 0 amide bonds. The molecular weight excluding hydrogens is 164 g/mol. The summed E-state index contributed by atoms with van der Waals surface area (Å²) in [6.07, 6.45) is 1.33. The summed E-state index contributed by atoms with van der Waals surface area (Å²) in [6, 6.07) is 0. The fourth-order valence-electron chi connectivity index (χ4n) is 0.858. The number of hydrogen-bond donors (Lipinski definition) is 1. The molecule has 4 heteroatoms. The van der Waals surface area contributed by atoms with Crippen LogP contribution in [0.15, 0.2) is 6.20 Å². The van der Waals surface area contributed by atoms with Crippen LogP contribution in [0.3, 0.4) is 0 Å². The lowest BCUT2D eigenvalue weighted by molar-refractivity contribution is 0.168. The van der Waals surface area contributed by atoms with Gasteiger partial charge < -0.3 is 5.11 Å². The van der Waals surface area contributed by atoms with Crippen molar-refractivity contribution in [2.45, 2.75) is 26.5 Å². The highest BCUT2D eigenvalue weighted by molar-refractivity contribution is 6.31. The zero-order chi connectivity index (χ0) is 8.43. The number of aliphatic hydroxyl groups excluding tert-OH is 1. The Morgan fingerprint density at radius 3 is 2.82 bits per heavy atom. The molecule has 3 nitrogen and oxygen atoms in total. The highest BCUT2D eigenvalue weighted by Crippen LogP contribution is 2.11. The Bertz CT molecular complexity index is 225. The molecule has 1 rings (SSSR count). The number of hydrogen-bond acceptors (Lipinski definition) is 2. The van der Waals surface area contributed by atoms with Crippen LogP contribution in [0.4, 0.5) is 0 Å².